The van der Waals surface area contributed by atoms with Crippen molar-refractivity contribution in [3.05, 3.63) is 23.5 Å². The van der Waals surface area contributed by atoms with Gasteiger partial charge in [0.05, 0.1) is 18.8 Å². The zero-order valence-corrected chi connectivity index (χ0v) is 10.9. The van der Waals surface area contributed by atoms with Crippen LogP contribution in [-0.4, -0.2) is 19.2 Å². The highest BCUT2D eigenvalue weighted by Gasteiger charge is 2.21. The fourth-order valence-corrected chi connectivity index (χ4v) is 1.81. The maximum Gasteiger partial charge on any atom is 0.340 e. The first-order chi connectivity index (χ1) is 9.11. The van der Waals surface area contributed by atoms with Gasteiger partial charge >= 0.3 is 5.97 Å². The molecule has 0 radical (unpaired) electrons. The molecule has 0 amide bonds. The monoisotopic (exact) mass is 267 g/mol. The highest BCUT2D eigenvalue weighted by atomic mass is 19.1. The quantitative estimate of drug-likeness (QED) is 0.636. The topological polar surface area (TPSA) is 61.5 Å². The normalized spacial score (nSPS) is 14.2. The zero-order valence-electron chi connectivity index (χ0n) is 10.9. The summed E-state index contributed by atoms with van der Waals surface area (Å²) in [7, 11) is 0. The molecule has 1 aliphatic rings. The van der Waals surface area contributed by atoms with E-state index in [0.717, 1.165) is 12.5 Å². The highest BCUT2D eigenvalue weighted by Crippen LogP contribution is 2.33. The predicted octanol–water partition coefficient (Wildman–Crippen LogP) is 2.76. The molecule has 4 nitrogen and oxygen atoms in total. The number of nitrogen functional groups attached to an aromatic ring is 1. The largest absolute Gasteiger partial charge is 0.490 e. The molecule has 0 atom stereocenters. The Morgan fingerprint density at radius 3 is 2.84 bits per heavy atom. The van der Waals surface area contributed by atoms with Gasteiger partial charge in [-0.15, -0.1) is 0 Å². The average molecular weight is 267 g/mol. The number of benzene rings is 1. The maximum absolute atomic E-state index is 13.7. The lowest BCUT2D eigenvalue weighted by Gasteiger charge is -2.11. The number of carbonyl (C=O) groups is 1. The second kappa shape index (κ2) is 5.91. The average Bonchev–Trinajstić information content (AvgIpc) is 3.16. The van der Waals surface area contributed by atoms with Crippen LogP contribution >= 0.6 is 0 Å². The number of nitrogens with two attached hydrogens (primary N) is 1. The van der Waals surface area contributed by atoms with E-state index in [4.69, 9.17) is 15.2 Å². The number of ether oxygens (including phenoxy) is 2. The van der Waals surface area contributed by atoms with Gasteiger partial charge in [-0.2, -0.15) is 0 Å². The van der Waals surface area contributed by atoms with Gasteiger partial charge in [-0.1, -0.05) is 12.8 Å². The van der Waals surface area contributed by atoms with Crippen molar-refractivity contribution in [2.75, 3.05) is 18.9 Å². The summed E-state index contributed by atoms with van der Waals surface area (Å²) in [5.74, 6) is -0.354. The van der Waals surface area contributed by atoms with Gasteiger partial charge in [0.25, 0.3) is 0 Å². The molecule has 0 unspecified atom stereocenters. The van der Waals surface area contributed by atoms with Gasteiger partial charge in [0.15, 0.2) is 11.6 Å². The van der Waals surface area contributed by atoms with E-state index in [2.05, 4.69) is 0 Å². The van der Waals surface area contributed by atoms with Crippen LogP contribution in [-0.2, 0) is 4.74 Å². The van der Waals surface area contributed by atoms with Crippen molar-refractivity contribution >= 4 is 11.7 Å². The van der Waals surface area contributed by atoms with Crippen molar-refractivity contribution in [3.63, 3.8) is 0 Å². The van der Waals surface area contributed by atoms with Crippen molar-refractivity contribution in [2.24, 2.45) is 5.92 Å². The molecule has 0 saturated heterocycles. The zero-order chi connectivity index (χ0) is 13.8. The van der Waals surface area contributed by atoms with Crippen LogP contribution in [0.5, 0.6) is 5.75 Å². The first-order valence-electron chi connectivity index (χ1n) is 6.50. The van der Waals surface area contributed by atoms with E-state index in [1.54, 1.807) is 6.92 Å². The first-order valence-corrected chi connectivity index (χ1v) is 6.50. The summed E-state index contributed by atoms with van der Waals surface area (Å²) in [4.78, 5) is 11.6. The van der Waals surface area contributed by atoms with E-state index in [-0.39, 0.29) is 23.6 Å². The summed E-state index contributed by atoms with van der Waals surface area (Å²) in [6, 6.07) is 2.41. The van der Waals surface area contributed by atoms with Crippen molar-refractivity contribution in [2.45, 2.75) is 26.2 Å². The molecule has 0 aliphatic heterocycles. The molecule has 0 aromatic heterocycles. The summed E-state index contributed by atoms with van der Waals surface area (Å²) in [5, 5.41) is 0. The molecule has 1 saturated carbocycles. The Morgan fingerprint density at radius 2 is 2.21 bits per heavy atom. The van der Waals surface area contributed by atoms with Gasteiger partial charge < -0.3 is 15.2 Å². The van der Waals surface area contributed by atoms with Crippen LogP contribution in [0.25, 0.3) is 0 Å². The van der Waals surface area contributed by atoms with Gasteiger partial charge in [0.1, 0.15) is 0 Å². The Bertz CT molecular complexity index is 472. The molecule has 0 bridgehead atoms. The third kappa shape index (κ3) is 3.59. The molecule has 2 N–H and O–H groups in total. The van der Waals surface area contributed by atoms with Gasteiger partial charge in [0, 0.05) is 11.8 Å². The minimum Gasteiger partial charge on any atom is -0.490 e. The fraction of sp³-hybridized carbons (Fsp3) is 0.500. The smallest absolute Gasteiger partial charge is 0.340 e. The molecule has 1 aliphatic carbocycles. The molecule has 1 aromatic rings. The molecule has 0 heterocycles. The van der Waals surface area contributed by atoms with Gasteiger partial charge in [-0.25, -0.2) is 9.18 Å². The number of rotatable bonds is 6. The van der Waals surface area contributed by atoms with Crippen LogP contribution in [0.15, 0.2) is 12.1 Å². The number of anilines is 1. The molecule has 2 rings (SSSR count). The third-order valence-electron chi connectivity index (χ3n) is 3.08. The molecule has 1 fully saturated rings. The van der Waals surface area contributed by atoms with Crippen LogP contribution < -0.4 is 10.5 Å². The molecular formula is C14H18FNO3. The summed E-state index contributed by atoms with van der Waals surface area (Å²) < 4.78 is 23.9. The van der Waals surface area contributed by atoms with Crippen molar-refractivity contribution in [1.82, 2.24) is 0 Å². The predicted molar refractivity (Wildman–Crippen MR) is 69.6 cm³/mol. The number of halogens is 1. The summed E-state index contributed by atoms with van der Waals surface area (Å²) in [6.07, 6.45) is 3.36. The Morgan fingerprint density at radius 1 is 1.47 bits per heavy atom. The van der Waals surface area contributed by atoms with Crippen LogP contribution in [0, 0.1) is 11.7 Å². The first kappa shape index (κ1) is 13.6. The van der Waals surface area contributed by atoms with Crippen molar-refractivity contribution in [1.29, 1.82) is 0 Å². The van der Waals surface area contributed by atoms with Crippen LogP contribution in [0.4, 0.5) is 10.1 Å². The Hall–Kier alpha value is -1.78. The lowest BCUT2D eigenvalue weighted by Crippen LogP contribution is -2.10. The standard InChI is InChI=1S/C14H18FNO3/c1-2-18-14(17)10-7-13(11(15)8-12(10)16)19-6-5-9-3-4-9/h7-9H,2-6,16H2,1H3. The van der Waals surface area contributed by atoms with Gasteiger partial charge in [-0.05, 0) is 25.3 Å². The van der Waals surface area contributed by atoms with Crippen LogP contribution in [0.1, 0.15) is 36.5 Å². The van der Waals surface area contributed by atoms with E-state index < -0.39 is 11.8 Å². The third-order valence-corrected chi connectivity index (χ3v) is 3.08. The minimum absolute atomic E-state index is 0.0536. The molecular weight excluding hydrogens is 249 g/mol. The van der Waals surface area contributed by atoms with Crippen LogP contribution in [0.3, 0.4) is 0 Å². The maximum atomic E-state index is 13.7. The lowest BCUT2D eigenvalue weighted by molar-refractivity contribution is 0.0527. The second-order valence-electron chi connectivity index (χ2n) is 4.67. The second-order valence-corrected chi connectivity index (χ2v) is 4.67. The molecule has 1 aromatic carbocycles. The van der Waals surface area contributed by atoms with Gasteiger partial charge in [-0.3, -0.25) is 0 Å². The fourth-order valence-electron chi connectivity index (χ4n) is 1.81. The van der Waals surface area contributed by atoms with E-state index >= 15 is 0 Å². The number of esters is 1. The van der Waals surface area contributed by atoms with E-state index in [1.807, 2.05) is 0 Å². The summed E-state index contributed by atoms with van der Waals surface area (Å²) >= 11 is 0. The van der Waals surface area contributed by atoms with E-state index in [9.17, 15) is 9.18 Å². The minimum atomic E-state index is -0.563. The van der Waals surface area contributed by atoms with Crippen LogP contribution in [0.2, 0.25) is 0 Å². The number of hydrogen-bond donors (Lipinski definition) is 1. The van der Waals surface area contributed by atoms with E-state index in [0.29, 0.717) is 12.5 Å². The van der Waals surface area contributed by atoms with Crippen molar-refractivity contribution < 1.29 is 18.7 Å². The Labute approximate surface area is 111 Å². The SMILES string of the molecule is CCOC(=O)c1cc(OCCC2CC2)c(F)cc1N. The van der Waals surface area contributed by atoms with Crippen molar-refractivity contribution in [3.8, 4) is 5.75 Å². The van der Waals surface area contributed by atoms with Gasteiger partial charge in [0.2, 0.25) is 0 Å². The summed E-state index contributed by atoms with van der Waals surface area (Å²) in [5.41, 5.74) is 5.82. The number of hydrogen-bond acceptors (Lipinski definition) is 4. The molecule has 0 spiro atoms. The summed E-state index contributed by atoms with van der Waals surface area (Å²) in [6.45, 7) is 2.39. The molecule has 19 heavy (non-hydrogen) atoms. The molecule has 5 heteroatoms. The van der Waals surface area contributed by atoms with E-state index in [1.165, 1.54) is 18.9 Å². The Balaban J connectivity index is 2.07. The Kier molecular flexibility index (Phi) is 4.24. The lowest BCUT2D eigenvalue weighted by atomic mass is 10.1. The molecule has 104 valence electrons. The highest BCUT2D eigenvalue weighted by molar-refractivity contribution is 5.95. The number of carbonyl (C=O) groups excluding carboxylic acids is 1.